The van der Waals surface area contributed by atoms with Gasteiger partial charge in [-0.2, -0.15) is 0 Å². The van der Waals surface area contributed by atoms with Crippen LogP contribution in [-0.4, -0.2) is 25.5 Å². The van der Waals surface area contributed by atoms with E-state index < -0.39 is 0 Å². The molecule has 1 aromatic carbocycles. The average Bonchev–Trinajstić information content (AvgIpc) is 2.46. The maximum atomic E-state index is 11.1. The molecule has 0 saturated heterocycles. The molecule has 92 valence electrons. The van der Waals surface area contributed by atoms with Crippen LogP contribution in [0.5, 0.6) is 11.5 Å². The minimum atomic E-state index is 0.560. The molecule has 18 heavy (non-hydrogen) atoms. The first kappa shape index (κ1) is 12.1. The third kappa shape index (κ3) is 2.32. The SMILES string of the molecule is COc1cncc(-c2ccc(OC)cc2C=O)c1. The van der Waals surface area contributed by atoms with Crippen molar-refractivity contribution in [3.05, 3.63) is 42.2 Å². The monoisotopic (exact) mass is 243 g/mol. The van der Waals surface area contributed by atoms with Gasteiger partial charge in [-0.3, -0.25) is 9.78 Å². The second-order valence-electron chi connectivity index (χ2n) is 3.68. The Morgan fingerprint density at radius 2 is 1.83 bits per heavy atom. The van der Waals surface area contributed by atoms with Crippen LogP contribution >= 0.6 is 0 Å². The van der Waals surface area contributed by atoms with Crippen molar-refractivity contribution in [3.63, 3.8) is 0 Å². The lowest BCUT2D eigenvalue weighted by Gasteiger charge is -2.08. The van der Waals surface area contributed by atoms with Gasteiger partial charge in [0.1, 0.15) is 11.5 Å². The van der Waals surface area contributed by atoms with Gasteiger partial charge in [-0.25, -0.2) is 0 Å². The first-order valence-corrected chi connectivity index (χ1v) is 5.41. The number of nitrogens with zero attached hydrogens (tertiary/aromatic N) is 1. The molecule has 0 saturated carbocycles. The van der Waals surface area contributed by atoms with Gasteiger partial charge in [-0.05, 0) is 29.8 Å². The third-order valence-corrected chi connectivity index (χ3v) is 2.65. The van der Waals surface area contributed by atoms with Gasteiger partial charge in [0.05, 0.1) is 20.4 Å². The van der Waals surface area contributed by atoms with Gasteiger partial charge in [0.2, 0.25) is 0 Å². The van der Waals surface area contributed by atoms with Gasteiger partial charge >= 0.3 is 0 Å². The molecule has 0 aliphatic carbocycles. The molecule has 4 heteroatoms. The van der Waals surface area contributed by atoms with E-state index in [1.54, 1.807) is 32.7 Å². The van der Waals surface area contributed by atoms with Crippen LogP contribution in [0.25, 0.3) is 11.1 Å². The molecule has 0 atom stereocenters. The summed E-state index contributed by atoms with van der Waals surface area (Å²) in [6.07, 6.45) is 4.11. The maximum Gasteiger partial charge on any atom is 0.150 e. The summed E-state index contributed by atoms with van der Waals surface area (Å²) in [5.74, 6) is 1.30. The highest BCUT2D eigenvalue weighted by molar-refractivity contribution is 5.88. The van der Waals surface area contributed by atoms with E-state index in [1.807, 2.05) is 18.2 Å². The minimum absolute atomic E-state index is 0.560. The van der Waals surface area contributed by atoms with Crippen molar-refractivity contribution in [1.82, 2.24) is 4.98 Å². The van der Waals surface area contributed by atoms with Gasteiger partial charge < -0.3 is 9.47 Å². The summed E-state index contributed by atoms with van der Waals surface area (Å²) in [6.45, 7) is 0. The van der Waals surface area contributed by atoms with Crippen molar-refractivity contribution in [2.24, 2.45) is 0 Å². The highest BCUT2D eigenvalue weighted by Crippen LogP contribution is 2.27. The summed E-state index contributed by atoms with van der Waals surface area (Å²) in [5.41, 5.74) is 2.20. The number of carbonyl (C=O) groups excluding carboxylic acids is 1. The molecule has 2 aromatic rings. The number of pyridine rings is 1. The number of hydrogen-bond acceptors (Lipinski definition) is 4. The Hall–Kier alpha value is -2.36. The number of ether oxygens (including phenoxy) is 2. The zero-order valence-electron chi connectivity index (χ0n) is 10.2. The zero-order chi connectivity index (χ0) is 13.0. The predicted octanol–water partition coefficient (Wildman–Crippen LogP) is 2.58. The molecule has 0 aliphatic rings. The van der Waals surface area contributed by atoms with Crippen LogP contribution in [0.2, 0.25) is 0 Å². The second kappa shape index (κ2) is 5.31. The van der Waals surface area contributed by atoms with Crippen molar-refractivity contribution < 1.29 is 14.3 Å². The molecule has 0 bridgehead atoms. The maximum absolute atomic E-state index is 11.1. The number of methoxy groups -OCH3 is 2. The second-order valence-corrected chi connectivity index (χ2v) is 3.68. The van der Waals surface area contributed by atoms with Gasteiger partial charge in [0.15, 0.2) is 6.29 Å². The minimum Gasteiger partial charge on any atom is -0.497 e. The Balaban J connectivity index is 2.52. The van der Waals surface area contributed by atoms with Crippen LogP contribution in [-0.2, 0) is 0 Å². The topological polar surface area (TPSA) is 48.4 Å². The van der Waals surface area contributed by atoms with Gasteiger partial charge in [-0.1, -0.05) is 0 Å². The number of aromatic nitrogens is 1. The Bertz CT molecular complexity index is 567. The highest BCUT2D eigenvalue weighted by Gasteiger charge is 2.07. The first-order valence-electron chi connectivity index (χ1n) is 5.41. The van der Waals surface area contributed by atoms with Crippen LogP contribution in [0, 0.1) is 0 Å². The molecule has 0 N–H and O–H groups in total. The molecule has 1 heterocycles. The van der Waals surface area contributed by atoms with Gasteiger partial charge in [0, 0.05) is 17.3 Å². The molecular formula is C14H13NO3. The fourth-order valence-corrected chi connectivity index (χ4v) is 1.71. The van der Waals surface area contributed by atoms with E-state index >= 15 is 0 Å². The average molecular weight is 243 g/mol. The molecule has 0 spiro atoms. The molecule has 1 aromatic heterocycles. The summed E-state index contributed by atoms with van der Waals surface area (Å²) in [5, 5.41) is 0. The number of rotatable bonds is 4. The lowest BCUT2D eigenvalue weighted by molar-refractivity contribution is 0.112. The first-order chi connectivity index (χ1) is 8.78. The van der Waals surface area contributed by atoms with Crippen molar-refractivity contribution >= 4 is 6.29 Å². The summed E-state index contributed by atoms with van der Waals surface area (Å²) in [7, 11) is 3.14. The summed E-state index contributed by atoms with van der Waals surface area (Å²) in [4.78, 5) is 15.2. The number of carbonyl (C=O) groups is 1. The van der Waals surface area contributed by atoms with Crippen LogP contribution in [0.4, 0.5) is 0 Å². The van der Waals surface area contributed by atoms with Crippen LogP contribution in [0.15, 0.2) is 36.7 Å². The number of aldehydes is 1. The molecule has 0 aliphatic heterocycles. The van der Waals surface area contributed by atoms with Crippen LogP contribution in [0.1, 0.15) is 10.4 Å². The normalized spacial score (nSPS) is 9.89. The van der Waals surface area contributed by atoms with Crippen molar-refractivity contribution in [3.8, 4) is 22.6 Å². The molecular weight excluding hydrogens is 230 g/mol. The molecule has 2 rings (SSSR count). The smallest absolute Gasteiger partial charge is 0.150 e. The van der Waals surface area contributed by atoms with Crippen LogP contribution < -0.4 is 9.47 Å². The van der Waals surface area contributed by atoms with E-state index in [2.05, 4.69) is 4.98 Å². The van der Waals surface area contributed by atoms with E-state index in [0.29, 0.717) is 17.1 Å². The Kier molecular flexibility index (Phi) is 3.57. The molecule has 0 radical (unpaired) electrons. The fraction of sp³-hybridized carbons (Fsp3) is 0.143. The summed E-state index contributed by atoms with van der Waals surface area (Å²) >= 11 is 0. The van der Waals surface area contributed by atoms with Crippen molar-refractivity contribution in [2.45, 2.75) is 0 Å². The molecule has 4 nitrogen and oxygen atoms in total. The summed E-state index contributed by atoms with van der Waals surface area (Å²) < 4.78 is 10.2. The molecule has 0 amide bonds. The lowest BCUT2D eigenvalue weighted by atomic mass is 10.0. The summed E-state index contributed by atoms with van der Waals surface area (Å²) in [6, 6.07) is 7.17. The standard InChI is InChI=1S/C14H13NO3/c1-17-12-3-4-14(11(6-12)9-16)10-5-13(18-2)8-15-7-10/h3-9H,1-2H3. The lowest BCUT2D eigenvalue weighted by Crippen LogP contribution is -1.92. The van der Waals surface area contributed by atoms with E-state index in [4.69, 9.17) is 9.47 Å². The number of hydrogen-bond donors (Lipinski definition) is 0. The number of benzene rings is 1. The van der Waals surface area contributed by atoms with Gasteiger partial charge in [-0.15, -0.1) is 0 Å². The predicted molar refractivity (Wildman–Crippen MR) is 68.2 cm³/mol. The highest BCUT2D eigenvalue weighted by atomic mass is 16.5. The third-order valence-electron chi connectivity index (χ3n) is 2.65. The Labute approximate surface area is 105 Å². The fourth-order valence-electron chi connectivity index (χ4n) is 1.71. The van der Waals surface area contributed by atoms with E-state index in [9.17, 15) is 4.79 Å². The molecule has 0 fully saturated rings. The Morgan fingerprint density at radius 1 is 1.06 bits per heavy atom. The largest absolute Gasteiger partial charge is 0.497 e. The Morgan fingerprint density at radius 3 is 2.50 bits per heavy atom. The van der Waals surface area contributed by atoms with E-state index in [0.717, 1.165) is 17.4 Å². The quantitative estimate of drug-likeness (QED) is 0.774. The van der Waals surface area contributed by atoms with E-state index in [1.165, 1.54) is 0 Å². The van der Waals surface area contributed by atoms with Crippen molar-refractivity contribution in [2.75, 3.05) is 14.2 Å². The van der Waals surface area contributed by atoms with E-state index in [-0.39, 0.29) is 0 Å². The van der Waals surface area contributed by atoms with Crippen LogP contribution in [0.3, 0.4) is 0 Å². The van der Waals surface area contributed by atoms with Gasteiger partial charge in [0.25, 0.3) is 0 Å². The zero-order valence-corrected chi connectivity index (χ0v) is 10.2. The van der Waals surface area contributed by atoms with Crippen molar-refractivity contribution in [1.29, 1.82) is 0 Å². The molecule has 0 unspecified atom stereocenters.